The summed E-state index contributed by atoms with van der Waals surface area (Å²) in [6.45, 7) is 0.385. The number of aromatic nitrogens is 4. The van der Waals surface area contributed by atoms with Crippen molar-refractivity contribution in [3.05, 3.63) is 89.7 Å². The first-order chi connectivity index (χ1) is 14.7. The fraction of sp³-hybridized carbons (Fsp3) is 0.0909. The number of rotatable bonds is 7. The Labute approximate surface area is 183 Å². The molecule has 2 aromatic carbocycles. The lowest BCUT2D eigenvalue weighted by molar-refractivity contribution is -0.118. The maximum atomic E-state index is 12.3. The normalized spacial score (nSPS) is 10.7. The first kappa shape index (κ1) is 20.1. The highest BCUT2D eigenvalue weighted by Gasteiger charge is 2.18. The van der Waals surface area contributed by atoms with Crippen LogP contribution in [0.3, 0.4) is 0 Å². The standard InChI is InChI=1S/C22H18ClN5OS/c23-19-12-5-4-11-18(19)21-26-27-22(28(21)17-9-2-1-3-10-17)30-15-20(29)25-14-16-8-6-7-13-24-16/h1-13H,14-15H2,(H,25,29). The summed E-state index contributed by atoms with van der Waals surface area (Å²) in [7, 11) is 0. The Hall–Kier alpha value is -3.16. The maximum Gasteiger partial charge on any atom is 0.230 e. The van der Waals surface area contributed by atoms with Gasteiger partial charge in [-0.15, -0.1) is 10.2 Å². The average molecular weight is 436 g/mol. The van der Waals surface area contributed by atoms with E-state index in [9.17, 15) is 4.79 Å². The SMILES string of the molecule is O=C(CSc1nnc(-c2ccccc2Cl)n1-c1ccccc1)NCc1ccccn1. The van der Waals surface area contributed by atoms with Gasteiger partial charge in [0.25, 0.3) is 0 Å². The minimum atomic E-state index is -0.104. The third kappa shape index (κ3) is 4.69. The zero-order valence-corrected chi connectivity index (χ0v) is 17.5. The molecule has 0 atom stereocenters. The van der Waals surface area contributed by atoms with Crippen LogP contribution >= 0.6 is 23.4 Å². The van der Waals surface area contributed by atoms with Crippen LogP contribution in [0.4, 0.5) is 0 Å². The summed E-state index contributed by atoms with van der Waals surface area (Å²) >= 11 is 7.72. The van der Waals surface area contributed by atoms with Crippen molar-refractivity contribution in [2.75, 3.05) is 5.75 Å². The number of hydrogen-bond acceptors (Lipinski definition) is 5. The van der Waals surface area contributed by atoms with Crippen molar-refractivity contribution in [1.82, 2.24) is 25.1 Å². The molecule has 0 aliphatic rings. The molecule has 0 saturated carbocycles. The van der Waals surface area contributed by atoms with E-state index in [0.29, 0.717) is 22.5 Å². The second-order valence-electron chi connectivity index (χ2n) is 6.34. The summed E-state index contributed by atoms with van der Waals surface area (Å²) in [4.78, 5) is 16.5. The molecule has 1 amide bonds. The van der Waals surface area contributed by atoms with Gasteiger partial charge in [-0.1, -0.05) is 59.8 Å². The molecule has 0 unspecified atom stereocenters. The number of thioether (sulfide) groups is 1. The van der Waals surface area contributed by atoms with Gasteiger partial charge >= 0.3 is 0 Å². The molecule has 0 spiro atoms. The van der Waals surface area contributed by atoms with Gasteiger partial charge in [0.15, 0.2) is 11.0 Å². The number of benzene rings is 2. The molecule has 0 radical (unpaired) electrons. The molecule has 0 bridgehead atoms. The molecule has 0 aliphatic heterocycles. The smallest absolute Gasteiger partial charge is 0.230 e. The van der Waals surface area contributed by atoms with Crippen LogP contribution in [-0.4, -0.2) is 31.4 Å². The van der Waals surface area contributed by atoms with Gasteiger partial charge in [0.1, 0.15) is 0 Å². The first-order valence-electron chi connectivity index (χ1n) is 9.27. The largest absolute Gasteiger partial charge is 0.350 e. The van der Waals surface area contributed by atoms with E-state index in [0.717, 1.165) is 16.9 Å². The van der Waals surface area contributed by atoms with Crippen LogP contribution in [0, 0.1) is 0 Å². The van der Waals surface area contributed by atoms with E-state index >= 15 is 0 Å². The van der Waals surface area contributed by atoms with Crippen LogP contribution in [0.1, 0.15) is 5.69 Å². The number of nitrogens with zero attached hydrogens (tertiary/aromatic N) is 4. The molecule has 6 nitrogen and oxygen atoms in total. The Balaban J connectivity index is 1.55. The summed E-state index contributed by atoms with van der Waals surface area (Å²) in [5, 5.41) is 12.8. The van der Waals surface area contributed by atoms with Crippen molar-refractivity contribution in [1.29, 1.82) is 0 Å². The van der Waals surface area contributed by atoms with Gasteiger partial charge in [0.05, 0.1) is 23.0 Å². The van der Waals surface area contributed by atoms with Crippen LogP contribution in [0.25, 0.3) is 17.1 Å². The van der Waals surface area contributed by atoms with Crippen molar-refractivity contribution in [3.63, 3.8) is 0 Å². The van der Waals surface area contributed by atoms with E-state index in [2.05, 4.69) is 20.5 Å². The summed E-state index contributed by atoms with van der Waals surface area (Å²) < 4.78 is 1.91. The van der Waals surface area contributed by atoms with Crippen LogP contribution in [0.5, 0.6) is 0 Å². The highest BCUT2D eigenvalue weighted by atomic mass is 35.5. The monoisotopic (exact) mass is 435 g/mol. The van der Waals surface area contributed by atoms with Gasteiger partial charge in [-0.05, 0) is 36.4 Å². The van der Waals surface area contributed by atoms with Crippen molar-refractivity contribution in [2.45, 2.75) is 11.7 Å². The lowest BCUT2D eigenvalue weighted by Crippen LogP contribution is -2.25. The van der Waals surface area contributed by atoms with Crippen molar-refractivity contribution in [2.24, 2.45) is 0 Å². The summed E-state index contributed by atoms with van der Waals surface area (Å²) in [5.74, 6) is 0.732. The molecule has 8 heteroatoms. The molecule has 0 aliphatic carbocycles. The van der Waals surface area contributed by atoms with Gasteiger partial charge in [-0.25, -0.2) is 0 Å². The topological polar surface area (TPSA) is 72.7 Å². The molecular weight excluding hydrogens is 418 g/mol. The lowest BCUT2D eigenvalue weighted by Gasteiger charge is -2.11. The van der Waals surface area contributed by atoms with Gasteiger partial charge in [0, 0.05) is 17.4 Å². The van der Waals surface area contributed by atoms with Crippen LogP contribution < -0.4 is 5.32 Å². The van der Waals surface area contributed by atoms with Gasteiger partial charge in [-0.3, -0.25) is 14.3 Å². The number of carbonyl (C=O) groups excluding carboxylic acids is 1. The predicted octanol–water partition coefficient (Wildman–Crippen LogP) is 4.39. The Bertz CT molecular complexity index is 1130. The van der Waals surface area contributed by atoms with Gasteiger partial charge in [-0.2, -0.15) is 0 Å². The lowest BCUT2D eigenvalue weighted by atomic mass is 10.2. The first-order valence-corrected chi connectivity index (χ1v) is 10.6. The zero-order valence-electron chi connectivity index (χ0n) is 15.9. The van der Waals surface area contributed by atoms with Gasteiger partial charge in [0.2, 0.25) is 5.91 Å². The van der Waals surface area contributed by atoms with E-state index in [4.69, 9.17) is 11.6 Å². The fourth-order valence-corrected chi connectivity index (χ4v) is 3.87. The van der Waals surface area contributed by atoms with E-state index in [-0.39, 0.29) is 11.7 Å². The van der Waals surface area contributed by atoms with Crippen LogP contribution in [0.15, 0.2) is 84.1 Å². The Morgan fingerprint density at radius 3 is 2.50 bits per heavy atom. The number of carbonyl (C=O) groups is 1. The molecular formula is C22H18ClN5OS. The Kier molecular flexibility index (Phi) is 6.41. The third-order valence-electron chi connectivity index (χ3n) is 4.29. The maximum absolute atomic E-state index is 12.3. The van der Waals surface area contributed by atoms with E-state index in [1.54, 1.807) is 6.20 Å². The summed E-state index contributed by atoms with van der Waals surface area (Å²) in [6, 6.07) is 22.9. The molecule has 150 valence electrons. The molecule has 2 heterocycles. The second-order valence-corrected chi connectivity index (χ2v) is 7.69. The Morgan fingerprint density at radius 2 is 1.73 bits per heavy atom. The van der Waals surface area contributed by atoms with Crippen molar-refractivity contribution >= 4 is 29.3 Å². The number of pyridine rings is 1. The van der Waals surface area contributed by atoms with Crippen molar-refractivity contribution in [3.8, 4) is 17.1 Å². The van der Waals surface area contributed by atoms with Gasteiger partial charge < -0.3 is 5.32 Å². The highest BCUT2D eigenvalue weighted by molar-refractivity contribution is 7.99. The molecule has 30 heavy (non-hydrogen) atoms. The molecule has 4 rings (SSSR count). The second kappa shape index (κ2) is 9.56. The average Bonchev–Trinajstić information content (AvgIpc) is 3.21. The van der Waals surface area contributed by atoms with Crippen molar-refractivity contribution < 1.29 is 4.79 Å². The number of amides is 1. The van der Waals surface area contributed by atoms with Crippen LogP contribution in [0.2, 0.25) is 5.02 Å². The molecule has 1 N–H and O–H groups in total. The molecule has 0 saturated heterocycles. The minimum Gasteiger partial charge on any atom is -0.350 e. The highest BCUT2D eigenvalue weighted by Crippen LogP contribution is 2.31. The van der Waals surface area contributed by atoms with E-state index in [1.165, 1.54) is 11.8 Å². The van der Waals surface area contributed by atoms with E-state index in [1.807, 2.05) is 77.4 Å². The zero-order chi connectivity index (χ0) is 20.8. The predicted molar refractivity (Wildman–Crippen MR) is 119 cm³/mol. The number of para-hydroxylation sites is 1. The quantitative estimate of drug-likeness (QED) is 0.436. The summed E-state index contributed by atoms with van der Waals surface area (Å²) in [5.41, 5.74) is 2.49. The molecule has 2 aromatic heterocycles. The third-order valence-corrected chi connectivity index (χ3v) is 5.55. The molecule has 4 aromatic rings. The summed E-state index contributed by atoms with van der Waals surface area (Å²) in [6.07, 6.45) is 1.70. The number of halogens is 1. The number of nitrogens with one attached hydrogen (secondary N) is 1. The number of hydrogen-bond donors (Lipinski definition) is 1. The minimum absolute atomic E-state index is 0.104. The fourth-order valence-electron chi connectivity index (χ4n) is 2.86. The molecule has 0 fully saturated rings. The Morgan fingerprint density at radius 1 is 0.967 bits per heavy atom. The van der Waals surface area contributed by atoms with Crippen LogP contribution in [-0.2, 0) is 11.3 Å². The van der Waals surface area contributed by atoms with E-state index < -0.39 is 0 Å².